The van der Waals surface area contributed by atoms with E-state index in [1.54, 1.807) is 7.11 Å². The molecule has 6 nitrogen and oxygen atoms in total. The minimum Gasteiger partial charge on any atom is -0.497 e. The quantitative estimate of drug-likeness (QED) is 0.414. The molecular formula is C23H24N4O2S. The Morgan fingerprint density at radius 3 is 2.60 bits per heavy atom. The summed E-state index contributed by atoms with van der Waals surface area (Å²) >= 11 is 1.41. The summed E-state index contributed by atoms with van der Waals surface area (Å²) in [6.45, 7) is 4.42. The van der Waals surface area contributed by atoms with Crippen LogP contribution in [0.5, 0.6) is 5.75 Å². The summed E-state index contributed by atoms with van der Waals surface area (Å²) in [6, 6.07) is 17.8. The van der Waals surface area contributed by atoms with Gasteiger partial charge in [0.2, 0.25) is 5.91 Å². The number of benzene rings is 2. The van der Waals surface area contributed by atoms with Crippen molar-refractivity contribution in [3.05, 3.63) is 72.8 Å². The van der Waals surface area contributed by atoms with Crippen LogP contribution in [0.2, 0.25) is 0 Å². The van der Waals surface area contributed by atoms with Crippen LogP contribution in [0.3, 0.4) is 0 Å². The van der Waals surface area contributed by atoms with Gasteiger partial charge in [-0.1, -0.05) is 48.2 Å². The van der Waals surface area contributed by atoms with Crippen molar-refractivity contribution < 1.29 is 9.53 Å². The van der Waals surface area contributed by atoms with E-state index in [9.17, 15) is 4.79 Å². The largest absolute Gasteiger partial charge is 0.497 e. The molecule has 4 rings (SSSR count). The third-order valence-electron chi connectivity index (χ3n) is 4.86. The Kier molecular flexibility index (Phi) is 6.18. The predicted molar refractivity (Wildman–Crippen MR) is 118 cm³/mol. The summed E-state index contributed by atoms with van der Waals surface area (Å²) in [5.41, 5.74) is 1.87. The number of nitrogens with one attached hydrogen (secondary N) is 1. The smallest absolute Gasteiger partial charge is 0.238 e. The molecule has 0 bridgehead atoms. The van der Waals surface area contributed by atoms with E-state index in [-0.39, 0.29) is 5.91 Å². The van der Waals surface area contributed by atoms with E-state index in [4.69, 9.17) is 4.74 Å². The number of carbonyl (C=O) groups is 1. The van der Waals surface area contributed by atoms with Crippen molar-refractivity contribution >= 4 is 17.7 Å². The van der Waals surface area contributed by atoms with Crippen molar-refractivity contribution in [2.45, 2.75) is 35.8 Å². The number of aromatic nitrogens is 3. The maximum absolute atomic E-state index is 13.0. The second-order valence-electron chi connectivity index (χ2n) is 7.13. The second-order valence-corrected chi connectivity index (χ2v) is 8.20. The molecule has 2 aromatic carbocycles. The molecule has 1 atom stereocenters. The first-order valence-electron chi connectivity index (χ1n) is 9.90. The number of rotatable bonds is 9. The molecule has 30 heavy (non-hydrogen) atoms. The standard InChI is InChI=1S/C23H24N4O2S/c1-3-15-27-21(17-9-13-19(29-2)14-10-17)25-26-23(27)30-20(16-7-5-4-6-8-16)22(28)24-18-11-12-18/h3-10,13-14,18,20H,1,11-12,15H2,2H3,(H,24,28)/t20-/m0/s1. The van der Waals surface area contributed by atoms with E-state index in [0.29, 0.717) is 17.7 Å². The molecule has 1 fully saturated rings. The molecule has 1 N–H and O–H groups in total. The number of amides is 1. The molecule has 1 aliphatic rings. The first kappa shape index (κ1) is 20.2. The van der Waals surface area contributed by atoms with Gasteiger partial charge in [0, 0.05) is 18.2 Å². The molecular weight excluding hydrogens is 396 g/mol. The third-order valence-corrected chi connectivity index (χ3v) is 6.10. The van der Waals surface area contributed by atoms with Crippen LogP contribution in [-0.4, -0.2) is 33.8 Å². The zero-order valence-electron chi connectivity index (χ0n) is 16.8. The van der Waals surface area contributed by atoms with Crippen LogP contribution in [0, 0.1) is 0 Å². The summed E-state index contributed by atoms with van der Waals surface area (Å²) in [4.78, 5) is 13.0. The Labute approximate surface area is 180 Å². The Balaban J connectivity index is 1.66. The number of allylic oxidation sites excluding steroid dienone is 1. The van der Waals surface area contributed by atoms with Gasteiger partial charge >= 0.3 is 0 Å². The minimum absolute atomic E-state index is 0.00727. The molecule has 0 spiro atoms. The zero-order chi connectivity index (χ0) is 20.9. The monoisotopic (exact) mass is 420 g/mol. The minimum atomic E-state index is -0.400. The Morgan fingerprint density at radius 1 is 1.23 bits per heavy atom. The fraction of sp³-hybridized carbons (Fsp3) is 0.261. The predicted octanol–water partition coefficient (Wildman–Crippen LogP) is 4.25. The van der Waals surface area contributed by atoms with Crippen molar-refractivity contribution in [3.8, 4) is 17.1 Å². The highest BCUT2D eigenvalue weighted by Gasteiger charge is 2.30. The van der Waals surface area contributed by atoms with Gasteiger partial charge in [0.15, 0.2) is 11.0 Å². The molecule has 154 valence electrons. The van der Waals surface area contributed by atoms with Crippen molar-refractivity contribution in [1.82, 2.24) is 20.1 Å². The summed E-state index contributed by atoms with van der Waals surface area (Å²) in [5.74, 6) is 1.52. The van der Waals surface area contributed by atoms with E-state index >= 15 is 0 Å². The number of ether oxygens (including phenoxy) is 1. The highest BCUT2D eigenvalue weighted by molar-refractivity contribution is 8.00. The fourth-order valence-corrected chi connectivity index (χ4v) is 4.19. The van der Waals surface area contributed by atoms with Gasteiger partial charge in [0.1, 0.15) is 11.0 Å². The van der Waals surface area contributed by atoms with Crippen LogP contribution in [0.1, 0.15) is 23.7 Å². The lowest BCUT2D eigenvalue weighted by Crippen LogP contribution is -2.30. The van der Waals surface area contributed by atoms with Crippen molar-refractivity contribution in [1.29, 1.82) is 0 Å². The van der Waals surface area contributed by atoms with Gasteiger partial charge in [0.25, 0.3) is 0 Å². The van der Waals surface area contributed by atoms with Gasteiger partial charge in [-0.05, 0) is 42.7 Å². The lowest BCUT2D eigenvalue weighted by atomic mass is 10.1. The molecule has 0 radical (unpaired) electrons. The number of hydrogen-bond acceptors (Lipinski definition) is 5. The number of thioether (sulfide) groups is 1. The van der Waals surface area contributed by atoms with Crippen molar-refractivity contribution in [3.63, 3.8) is 0 Å². The molecule has 1 aromatic heterocycles. The van der Waals surface area contributed by atoms with E-state index < -0.39 is 5.25 Å². The molecule has 3 aromatic rings. The van der Waals surface area contributed by atoms with Crippen molar-refractivity contribution in [2.24, 2.45) is 0 Å². The van der Waals surface area contributed by atoms with Gasteiger partial charge in [-0.3, -0.25) is 9.36 Å². The van der Waals surface area contributed by atoms with Gasteiger partial charge < -0.3 is 10.1 Å². The lowest BCUT2D eigenvalue weighted by molar-refractivity contribution is -0.120. The average Bonchev–Trinajstić information content (AvgIpc) is 3.51. The van der Waals surface area contributed by atoms with Crippen LogP contribution < -0.4 is 10.1 Å². The average molecular weight is 421 g/mol. The number of hydrogen-bond donors (Lipinski definition) is 1. The van der Waals surface area contributed by atoms with Crippen LogP contribution in [0.15, 0.2) is 72.4 Å². The topological polar surface area (TPSA) is 69.0 Å². The van der Waals surface area contributed by atoms with E-state index in [0.717, 1.165) is 35.5 Å². The highest BCUT2D eigenvalue weighted by Crippen LogP contribution is 2.37. The van der Waals surface area contributed by atoms with Crippen LogP contribution in [0.4, 0.5) is 0 Å². The number of methoxy groups -OCH3 is 1. The maximum atomic E-state index is 13.0. The molecule has 1 heterocycles. The Morgan fingerprint density at radius 2 is 1.97 bits per heavy atom. The van der Waals surface area contributed by atoms with Crippen LogP contribution in [0.25, 0.3) is 11.4 Å². The maximum Gasteiger partial charge on any atom is 0.238 e. The Bertz CT molecular complexity index is 1010. The zero-order valence-corrected chi connectivity index (χ0v) is 17.6. The van der Waals surface area contributed by atoms with Crippen molar-refractivity contribution in [2.75, 3.05) is 7.11 Å². The molecule has 1 aliphatic carbocycles. The van der Waals surface area contributed by atoms with Gasteiger partial charge in [-0.2, -0.15) is 0 Å². The lowest BCUT2D eigenvalue weighted by Gasteiger charge is -2.17. The third kappa shape index (κ3) is 4.57. The van der Waals surface area contributed by atoms with Gasteiger partial charge in [0.05, 0.1) is 7.11 Å². The van der Waals surface area contributed by atoms with E-state index in [2.05, 4.69) is 22.1 Å². The summed E-state index contributed by atoms with van der Waals surface area (Å²) < 4.78 is 7.23. The fourth-order valence-electron chi connectivity index (χ4n) is 3.13. The number of nitrogens with zero attached hydrogens (tertiary/aromatic N) is 3. The molecule has 0 saturated heterocycles. The summed E-state index contributed by atoms with van der Waals surface area (Å²) in [5, 5.41) is 12.2. The highest BCUT2D eigenvalue weighted by atomic mass is 32.2. The Hall–Kier alpha value is -3.06. The number of carbonyl (C=O) groups excluding carboxylic acids is 1. The summed E-state index contributed by atoms with van der Waals surface area (Å²) in [7, 11) is 1.64. The molecule has 0 unspecified atom stereocenters. The van der Waals surface area contributed by atoms with E-state index in [1.807, 2.05) is 65.2 Å². The molecule has 0 aliphatic heterocycles. The first-order chi connectivity index (χ1) is 14.7. The van der Waals surface area contributed by atoms with E-state index in [1.165, 1.54) is 11.8 Å². The molecule has 1 amide bonds. The van der Waals surface area contributed by atoms with Crippen LogP contribution in [-0.2, 0) is 11.3 Å². The molecule has 7 heteroatoms. The second kappa shape index (κ2) is 9.17. The van der Waals surface area contributed by atoms with Gasteiger partial charge in [-0.25, -0.2) is 0 Å². The summed E-state index contributed by atoms with van der Waals surface area (Å²) in [6.07, 6.45) is 3.90. The van der Waals surface area contributed by atoms with Gasteiger partial charge in [-0.15, -0.1) is 16.8 Å². The first-order valence-corrected chi connectivity index (χ1v) is 10.8. The molecule has 1 saturated carbocycles. The normalized spacial score (nSPS) is 14.2. The SMILES string of the molecule is C=CCn1c(S[C@H](C(=O)NC2CC2)c2ccccc2)nnc1-c1ccc(OC)cc1. The van der Waals surface area contributed by atoms with Crippen LogP contribution >= 0.6 is 11.8 Å².